The molecule has 1 aromatic carbocycles. The summed E-state index contributed by atoms with van der Waals surface area (Å²) in [7, 11) is 0. The van der Waals surface area contributed by atoms with E-state index in [0.717, 1.165) is 24.2 Å². The van der Waals surface area contributed by atoms with E-state index in [2.05, 4.69) is 16.8 Å². The minimum atomic E-state index is -0.214. The van der Waals surface area contributed by atoms with Gasteiger partial charge in [0, 0.05) is 31.5 Å². The van der Waals surface area contributed by atoms with Crippen molar-refractivity contribution in [3.8, 4) is 0 Å². The highest BCUT2D eigenvalue weighted by Gasteiger charge is 2.20. The Kier molecular flexibility index (Phi) is 5.42. The van der Waals surface area contributed by atoms with Crippen molar-refractivity contribution in [2.75, 3.05) is 13.1 Å². The van der Waals surface area contributed by atoms with Crippen molar-refractivity contribution in [3.05, 3.63) is 65.2 Å². The van der Waals surface area contributed by atoms with Gasteiger partial charge in [-0.2, -0.15) is 0 Å². The van der Waals surface area contributed by atoms with Crippen LogP contribution in [0.25, 0.3) is 0 Å². The quantitative estimate of drug-likeness (QED) is 0.888. The molecule has 0 bridgehead atoms. The number of benzene rings is 1. The first kappa shape index (κ1) is 15.6. The Morgan fingerprint density at radius 1 is 1.24 bits per heavy atom. The third-order valence-electron chi connectivity index (χ3n) is 3.81. The number of nitrogens with two attached hydrogens (primary N) is 1. The van der Waals surface area contributed by atoms with Crippen LogP contribution in [0.15, 0.2) is 42.7 Å². The molecule has 3 nitrogen and oxygen atoms in total. The molecule has 0 radical (unpaired) electrons. The molecule has 1 aromatic heterocycles. The molecule has 1 heterocycles. The zero-order valence-corrected chi connectivity index (χ0v) is 12.6. The second-order valence-electron chi connectivity index (χ2n) is 5.17. The van der Waals surface area contributed by atoms with E-state index in [9.17, 15) is 4.39 Å². The molecule has 0 amide bonds. The van der Waals surface area contributed by atoms with Crippen LogP contribution in [0.2, 0.25) is 0 Å². The fourth-order valence-electron chi connectivity index (χ4n) is 2.61. The minimum absolute atomic E-state index is 0.0128. The van der Waals surface area contributed by atoms with Gasteiger partial charge >= 0.3 is 0 Å². The number of nitrogens with zero attached hydrogens (tertiary/aromatic N) is 2. The fraction of sp³-hybridized carbons (Fsp3) is 0.353. The number of hydrogen-bond donors (Lipinski definition) is 1. The molecule has 0 spiro atoms. The number of hydrogen-bond acceptors (Lipinski definition) is 3. The fourth-order valence-corrected chi connectivity index (χ4v) is 2.61. The van der Waals surface area contributed by atoms with Crippen molar-refractivity contribution in [3.63, 3.8) is 0 Å². The van der Waals surface area contributed by atoms with E-state index in [1.807, 2.05) is 25.1 Å². The second-order valence-corrected chi connectivity index (χ2v) is 5.17. The molecule has 21 heavy (non-hydrogen) atoms. The summed E-state index contributed by atoms with van der Waals surface area (Å²) in [5.74, 6) is -0.214. The second kappa shape index (κ2) is 7.29. The van der Waals surface area contributed by atoms with Crippen LogP contribution < -0.4 is 5.73 Å². The van der Waals surface area contributed by atoms with Gasteiger partial charge in [-0.3, -0.25) is 9.88 Å². The molecular weight excluding hydrogens is 265 g/mol. The van der Waals surface area contributed by atoms with E-state index >= 15 is 0 Å². The Bertz CT molecular complexity index is 572. The number of aromatic nitrogens is 1. The van der Waals surface area contributed by atoms with Crippen LogP contribution in [-0.4, -0.2) is 23.0 Å². The maximum atomic E-state index is 13.6. The van der Waals surface area contributed by atoms with Crippen LogP contribution in [0.5, 0.6) is 0 Å². The lowest BCUT2D eigenvalue weighted by Crippen LogP contribution is -2.33. The van der Waals surface area contributed by atoms with E-state index in [1.165, 1.54) is 11.6 Å². The highest BCUT2D eigenvalue weighted by Crippen LogP contribution is 2.25. The maximum absolute atomic E-state index is 13.6. The molecular formula is C17H22FN3. The Hall–Kier alpha value is -1.78. The lowest BCUT2D eigenvalue weighted by molar-refractivity contribution is 0.202. The van der Waals surface area contributed by atoms with Gasteiger partial charge in [0.05, 0.1) is 0 Å². The minimum Gasteiger partial charge on any atom is -0.329 e. The Morgan fingerprint density at radius 2 is 1.95 bits per heavy atom. The predicted octanol–water partition coefficient (Wildman–Crippen LogP) is 3.05. The van der Waals surface area contributed by atoms with Crippen LogP contribution in [-0.2, 0) is 6.54 Å². The number of aryl methyl sites for hydroxylation is 1. The first-order valence-corrected chi connectivity index (χ1v) is 7.24. The van der Waals surface area contributed by atoms with Gasteiger partial charge in [0.15, 0.2) is 0 Å². The third kappa shape index (κ3) is 3.86. The molecule has 0 aliphatic heterocycles. The molecule has 1 atom stereocenters. The summed E-state index contributed by atoms with van der Waals surface area (Å²) in [6.45, 7) is 6.18. The van der Waals surface area contributed by atoms with Crippen molar-refractivity contribution >= 4 is 0 Å². The van der Waals surface area contributed by atoms with Crippen LogP contribution in [0, 0.1) is 12.7 Å². The van der Waals surface area contributed by atoms with E-state index in [0.29, 0.717) is 6.54 Å². The van der Waals surface area contributed by atoms with Gasteiger partial charge < -0.3 is 5.73 Å². The summed E-state index contributed by atoms with van der Waals surface area (Å²) in [6, 6.07) is 8.91. The molecule has 1 unspecified atom stereocenters. The molecule has 0 fully saturated rings. The molecule has 0 aliphatic carbocycles. The van der Waals surface area contributed by atoms with Crippen LogP contribution in [0.4, 0.5) is 4.39 Å². The van der Waals surface area contributed by atoms with Gasteiger partial charge in [0.1, 0.15) is 5.82 Å². The van der Waals surface area contributed by atoms with Crippen LogP contribution >= 0.6 is 0 Å². The average molecular weight is 287 g/mol. The predicted molar refractivity (Wildman–Crippen MR) is 83.3 cm³/mol. The zero-order valence-electron chi connectivity index (χ0n) is 12.6. The first-order chi connectivity index (χ1) is 10.2. The molecule has 0 saturated carbocycles. The van der Waals surface area contributed by atoms with E-state index in [-0.39, 0.29) is 11.9 Å². The van der Waals surface area contributed by atoms with Gasteiger partial charge in [0.2, 0.25) is 0 Å². The molecule has 2 aromatic rings. The number of likely N-dealkylation sites (N-methyl/N-ethyl adjacent to an activating group) is 1. The molecule has 2 rings (SSSR count). The third-order valence-corrected chi connectivity index (χ3v) is 3.81. The van der Waals surface area contributed by atoms with Gasteiger partial charge in [0.25, 0.3) is 0 Å². The maximum Gasteiger partial charge on any atom is 0.123 e. The lowest BCUT2D eigenvalue weighted by Gasteiger charge is -2.31. The number of halogens is 1. The van der Waals surface area contributed by atoms with Crippen molar-refractivity contribution in [2.45, 2.75) is 26.4 Å². The lowest BCUT2D eigenvalue weighted by atomic mass is 9.99. The monoisotopic (exact) mass is 287 g/mol. The SMILES string of the molecule is CCN(Cc1ccncc1)C(CN)c1cc(F)ccc1C. The van der Waals surface area contributed by atoms with Gasteiger partial charge in [-0.05, 0) is 54.4 Å². The van der Waals surface area contributed by atoms with Crippen molar-refractivity contribution < 1.29 is 4.39 Å². The number of pyridine rings is 1. The molecule has 112 valence electrons. The normalized spacial score (nSPS) is 12.6. The van der Waals surface area contributed by atoms with Gasteiger partial charge in [-0.1, -0.05) is 13.0 Å². The Balaban J connectivity index is 2.27. The molecule has 2 N–H and O–H groups in total. The standard InChI is InChI=1S/C17H22FN3/c1-3-21(12-14-6-8-20-9-7-14)17(11-19)16-10-15(18)5-4-13(16)2/h4-10,17H,3,11-12,19H2,1-2H3. The highest BCUT2D eigenvalue weighted by molar-refractivity contribution is 5.30. The molecule has 4 heteroatoms. The van der Waals surface area contributed by atoms with E-state index in [4.69, 9.17) is 5.73 Å². The molecule has 0 aliphatic rings. The average Bonchev–Trinajstić information content (AvgIpc) is 2.51. The molecule has 0 saturated heterocycles. The topological polar surface area (TPSA) is 42.2 Å². The van der Waals surface area contributed by atoms with Crippen molar-refractivity contribution in [2.24, 2.45) is 5.73 Å². The first-order valence-electron chi connectivity index (χ1n) is 7.24. The summed E-state index contributed by atoms with van der Waals surface area (Å²) in [4.78, 5) is 6.30. The van der Waals surface area contributed by atoms with E-state index < -0.39 is 0 Å². The van der Waals surface area contributed by atoms with Crippen molar-refractivity contribution in [1.82, 2.24) is 9.88 Å². The summed E-state index contributed by atoms with van der Waals surface area (Å²) in [5.41, 5.74) is 9.19. The van der Waals surface area contributed by atoms with Gasteiger partial charge in [-0.25, -0.2) is 4.39 Å². The number of rotatable bonds is 6. The van der Waals surface area contributed by atoms with Crippen LogP contribution in [0.1, 0.15) is 29.7 Å². The summed E-state index contributed by atoms with van der Waals surface area (Å²) in [5, 5.41) is 0. The van der Waals surface area contributed by atoms with Crippen LogP contribution in [0.3, 0.4) is 0 Å². The summed E-state index contributed by atoms with van der Waals surface area (Å²) < 4.78 is 13.6. The Morgan fingerprint density at radius 3 is 2.57 bits per heavy atom. The summed E-state index contributed by atoms with van der Waals surface area (Å²) >= 11 is 0. The van der Waals surface area contributed by atoms with Crippen molar-refractivity contribution in [1.29, 1.82) is 0 Å². The summed E-state index contributed by atoms with van der Waals surface area (Å²) in [6.07, 6.45) is 3.57. The zero-order chi connectivity index (χ0) is 15.2. The highest BCUT2D eigenvalue weighted by atomic mass is 19.1. The van der Waals surface area contributed by atoms with E-state index in [1.54, 1.807) is 18.5 Å². The largest absolute Gasteiger partial charge is 0.329 e. The smallest absolute Gasteiger partial charge is 0.123 e. The van der Waals surface area contributed by atoms with Gasteiger partial charge in [-0.15, -0.1) is 0 Å². The Labute approximate surface area is 125 Å².